The Hall–Kier alpha value is -2.70. The molecule has 0 radical (unpaired) electrons. The fourth-order valence-corrected chi connectivity index (χ4v) is 2.70. The maximum absolute atomic E-state index is 11.4. The van der Waals surface area contributed by atoms with Crippen LogP contribution in [-0.2, 0) is 11.2 Å². The summed E-state index contributed by atoms with van der Waals surface area (Å²) in [4.78, 5) is 19.9. The van der Waals surface area contributed by atoms with Crippen LogP contribution in [0.15, 0.2) is 30.5 Å². The van der Waals surface area contributed by atoms with Crippen LogP contribution >= 0.6 is 0 Å². The molecule has 2 aromatic rings. The summed E-state index contributed by atoms with van der Waals surface area (Å²) in [6.07, 6.45) is 2.68. The van der Waals surface area contributed by atoms with Crippen LogP contribution in [0.2, 0.25) is 0 Å². The van der Waals surface area contributed by atoms with Gasteiger partial charge < -0.3 is 15.1 Å². The number of benzene rings is 1. The van der Waals surface area contributed by atoms with E-state index in [0.29, 0.717) is 19.0 Å². The Balaban J connectivity index is 1.66. The summed E-state index contributed by atoms with van der Waals surface area (Å²) in [6.45, 7) is 6.66. The van der Waals surface area contributed by atoms with Gasteiger partial charge in [0.2, 0.25) is 11.9 Å². The molecular weight excluding hydrogens is 304 g/mol. The molecule has 3 rings (SSSR count). The summed E-state index contributed by atoms with van der Waals surface area (Å²) < 4.78 is 0. The zero-order valence-corrected chi connectivity index (χ0v) is 14.1. The Labute approximate surface area is 141 Å². The van der Waals surface area contributed by atoms with Gasteiger partial charge in [-0.15, -0.1) is 5.10 Å². The monoisotopic (exact) mass is 326 g/mol. The van der Waals surface area contributed by atoms with Crippen molar-refractivity contribution >= 4 is 23.4 Å². The molecule has 0 atom stereocenters. The highest BCUT2D eigenvalue weighted by Gasteiger charge is 2.20. The minimum atomic E-state index is 0.119. The third kappa shape index (κ3) is 3.79. The van der Waals surface area contributed by atoms with Crippen LogP contribution in [0.4, 0.5) is 17.5 Å². The number of nitrogens with zero attached hydrogens (tertiary/aromatic N) is 5. The van der Waals surface area contributed by atoms with E-state index in [-0.39, 0.29) is 5.91 Å². The molecular formula is C17H22N6O. The summed E-state index contributed by atoms with van der Waals surface area (Å²) in [5, 5.41) is 11.3. The number of nitrogens with one attached hydrogen (secondary N) is 1. The molecule has 0 aliphatic carbocycles. The maximum Gasteiger partial charge on any atom is 0.249 e. The molecule has 2 heterocycles. The first-order chi connectivity index (χ1) is 11.7. The Bertz CT molecular complexity index is 694. The average molecular weight is 326 g/mol. The second-order valence-electron chi connectivity index (χ2n) is 5.81. The van der Waals surface area contributed by atoms with Crippen LogP contribution in [0.3, 0.4) is 0 Å². The average Bonchev–Trinajstić information content (AvgIpc) is 2.63. The van der Waals surface area contributed by atoms with Crippen molar-refractivity contribution in [1.29, 1.82) is 0 Å². The first kappa shape index (κ1) is 16.2. The van der Waals surface area contributed by atoms with Crippen molar-refractivity contribution < 1.29 is 4.79 Å². The van der Waals surface area contributed by atoms with Crippen molar-refractivity contribution in [3.8, 4) is 0 Å². The summed E-state index contributed by atoms with van der Waals surface area (Å²) in [5.74, 6) is 1.37. The third-order valence-electron chi connectivity index (χ3n) is 4.21. The van der Waals surface area contributed by atoms with Crippen molar-refractivity contribution in [2.45, 2.75) is 20.3 Å². The first-order valence-electron chi connectivity index (χ1n) is 8.22. The second kappa shape index (κ2) is 7.25. The van der Waals surface area contributed by atoms with Gasteiger partial charge in [-0.3, -0.25) is 4.79 Å². The molecule has 1 saturated heterocycles. The van der Waals surface area contributed by atoms with E-state index in [9.17, 15) is 4.79 Å². The fourth-order valence-electron chi connectivity index (χ4n) is 2.70. The molecule has 1 aliphatic heterocycles. The zero-order valence-electron chi connectivity index (χ0n) is 14.1. The van der Waals surface area contributed by atoms with Crippen molar-refractivity contribution in [2.75, 3.05) is 36.4 Å². The van der Waals surface area contributed by atoms with Crippen LogP contribution in [0, 0.1) is 0 Å². The molecule has 1 aliphatic rings. The first-order valence-corrected chi connectivity index (χ1v) is 8.22. The number of anilines is 3. The predicted molar refractivity (Wildman–Crippen MR) is 93.4 cm³/mol. The molecule has 1 aromatic heterocycles. The lowest BCUT2D eigenvalue weighted by Gasteiger charge is -2.34. The number of carbonyl (C=O) groups is 1. The normalized spacial score (nSPS) is 14.6. The van der Waals surface area contributed by atoms with Crippen LogP contribution in [0.25, 0.3) is 0 Å². The van der Waals surface area contributed by atoms with Gasteiger partial charge >= 0.3 is 0 Å². The smallest absolute Gasteiger partial charge is 0.249 e. The fraction of sp³-hybridized carbons (Fsp3) is 0.412. The summed E-state index contributed by atoms with van der Waals surface area (Å²) in [6, 6.07) is 8.20. The Morgan fingerprint density at radius 2 is 1.88 bits per heavy atom. The SMILES string of the molecule is CCc1ccc(Nc2nncc(N3CCN(C(C)=O)CC3)n2)cc1. The summed E-state index contributed by atoms with van der Waals surface area (Å²) >= 11 is 0. The maximum atomic E-state index is 11.4. The largest absolute Gasteiger partial charge is 0.352 e. The summed E-state index contributed by atoms with van der Waals surface area (Å²) in [5.41, 5.74) is 2.23. The van der Waals surface area contributed by atoms with Crippen molar-refractivity contribution in [3.63, 3.8) is 0 Å². The molecule has 7 heteroatoms. The van der Waals surface area contributed by atoms with E-state index in [1.54, 1.807) is 13.1 Å². The minimum absolute atomic E-state index is 0.119. The number of hydrogen-bond donors (Lipinski definition) is 1. The standard InChI is InChI=1S/C17H22N6O/c1-3-14-4-6-15(7-5-14)19-17-20-16(12-18-21-17)23-10-8-22(9-11-23)13(2)24/h4-7,12H,3,8-11H2,1-2H3,(H,19,20,21). The highest BCUT2D eigenvalue weighted by atomic mass is 16.2. The third-order valence-corrected chi connectivity index (χ3v) is 4.21. The molecule has 7 nitrogen and oxygen atoms in total. The van der Waals surface area contributed by atoms with Gasteiger partial charge in [0.05, 0.1) is 6.20 Å². The van der Waals surface area contributed by atoms with Gasteiger partial charge in [0.25, 0.3) is 0 Å². The number of aromatic nitrogens is 3. The van der Waals surface area contributed by atoms with Gasteiger partial charge in [0, 0.05) is 38.8 Å². The highest BCUT2D eigenvalue weighted by molar-refractivity contribution is 5.73. The number of amides is 1. The summed E-state index contributed by atoms with van der Waals surface area (Å²) in [7, 11) is 0. The van der Waals surface area contributed by atoms with E-state index in [2.05, 4.69) is 44.5 Å². The molecule has 0 spiro atoms. The predicted octanol–water partition coefficient (Wildman–Crippen LogP) is 1.85. The van der Waals surface area contributed by atoms with Crippen LogP contribution in [0.5, 0.6) is 0 Å². The van der Waals surface area contributed by atoms with E-state index < -0.39 is 0 Å². The Morgan fingerprint density at radius 3 is 2.50 bits per heavy atom. The van der Waals surface area contributed by atoms with E-state index in [0.717, 1.165) is 31.0 Å². The lowest BCUT2D eigenvalue weighted by molar-refractivity contribution is -0.129. The van der Waals surface area contributed by atoms with E-state index >= 15 is 0 Å². The van der Waals surface area contributed by atoms with Crippen LogP contribution in [-0.4, -0.2) is 52.2 Å². The highest BCUT2D eigenvalue weighted by Crippen LogP contribution is 2.17. The van der Waals surface area contributed by atoms with Crippen LogP contribution < -0.4 is 10.2 Å². The molecule has 126 valence electrons. The van der Waals surface area contributed by atoms with Gasteiger partial charge in [0.15, 0.2) is 5.82 Å². The van der Waals surface area contributed by atoms with Crippen molar-refractivity contribution in [2.24, 2.45) is 0 Å². The van der Waals surface area contributed by atoms with Crippen molar-refractivity contribution in [1.82, 2.24) is 20.1 Å². The van der Waals surface area contributed by atoms with Gasteiger partial charge in [-0.1, -0.05) is 19.1 Å². The number of aryl methyl sites for hydroxylation is 1. The number of piperazine rings is 1. The topological polar surface area (TPSA) is 74.2 Å². The van der Waals surface area contributed by atoms with Gasteiger partial charge in [0.1, 0.15) is 0 Å². The minimum Gasteiger partial charge on any atom is -0.352 e. The lowest BCUT2D eigenvalue weighted by Crippen LogP contribution is -2.48. The van der Waals surface area contributed by atoms with Gasteiger partial charge in [-0.05, 0) is 24.1 Å². The second-order valence-corrected chi connectivity index (χ2v) is 5.81. The van der Waals surface area contributed by atoms with Crippen LogP contribution in [0.1, 0.15) is 19.4 Å². The molecule has 1 fully saturated rings. The molecule has 24 heavy (non-hydrogen) atoms. The zero-order chi connectivity index (χ0) is 16.9. The van der Waals surface area contributed by atoms with E-state index in [1.807, 2.05) is 17.0 Å². The number of rotatable bonds is 4. The number of hydrogen-bond acceptors (Lipinski definition) is 6. The quantitative estimate of drug-likeness (QED) is 0.924. The van der Waals surface area contributed by atoms with E-state index in [4.69, 9.17) is 0 Å². The number of carbonyl (C=O) groups excluding carboxylic acids is 1. The molecule has 1 amide bonds. The lowest BCUT2D eigenvalue weighted by atomic mass is 10.1. The van der Waals surface area contributed by atoms with E-state index in [1.165, 1.54) is 5.56 Å². The molecule has 0 saturated carbocycles. The Morgan fingerprint density at radius 1 is 1.17 bits per heavy atom. The van der Waals surface area contributed by atoms with Gasteiger partial charge in [-0.25, -0.2) is 0 Å². The molecule has 0 unspecified atom stereocenters. The molecule has 1 aromatic carbocycles. The Kier molecular flexibility index (Phi) is 4.88. The van der Waals surface area contributed by atoms with Gasteiger partial charge in [-0.2, -0.15) is 10.1 Å². The van der Waals surface area contributed by atoms with Crippen molar-refractivity contribution in [3.05, 3.63) is 36.0 Å². The molecule has 1 N–H and O–H groups in total. The molecule has 0 bridgehead atoms.